The van der Waals surface area contributed by atoms with Crippen LogP contribution in [0.3, 0.4) is 0 Å². The largest absolute Gasteiger partial charge is 0.504 e. The fraction of sp³-hybridized carbons (Fsp3) is 0.480. The molecule has 3 heterocycles. The third-order valence-corrected chi connectivity index (χ3v) is 5.95. The first-order valence-corrected chi connectivity index (χ1v) is 11.9. The number of nitrogens with zero attached hydrogens (tertiary/aromatic N) is 4. The topological polar surface area (TPSA) is 106 Å². The third kappa shape index (κ3) is 5.59. The maximum atomic E-state index is 12.7. The van der Waals surface area contributed by atoms with E-state index in [-0.39, 0.29) is 23.5 Å². The van der Waals surface area contributed by atoms with Crippen LogP contribution in [0.4, 0.5) is 0 Å². The average molecular weight is 468 g/mol. The van der Waals surface area contributed by atoms with Crippen molar-refractivity contribution < 1.29 is 19.1 Å². The molecule has 4 rings (SSSR count). The molecule has 1 aliphatic heterocycles. The number of furan rings is 1. The number of aromatic nitrogens is 3. The van der Waals surface area contributed by atoms with E-state index in [0.717, 1.165) is 56.2 Å². The predicted octanol–water partition coefficient (Wildman–Crippen LogP) is 3.55. The number of phenols is 1. The first kappa shape index (κ1) is 23.8. The van der Waals surface area contributed by atoms with Crippen LogP contribution in [0.5, 0.6) is 11.5 Å². The molecule has 34 heavy (non-hydrogen) atoms. The minimum absolute atomic E-state index is 0.158. The molecule has 1 amide bonds. The van der Waals surface area contributed by atoms with Gasteiger partial charge in [0.15, 0.2) is 23.1 Å². The molecule has 0 fully saturated rings. The van der Waals surface area contributed by atoms with Crippen molar-refractivity contribution in [2.24, 2.45) is 5.92 Å². The Kier molecular flexibility index (Phi) is 7.52. The normalized spacial score (nSPS) is 15.1. The summed E-state index contributed by atoms with van der Waals surface area (Å²) in [5, 5.41) is 22.0. The molecule has 0 unspecified atom stereocenters. The molecule has 1 aromatic carbocycles. The van der Waals surface area contributed by atoms with Crippen molar-refractivity contribution in [2.75, 3.05) is 19.7 Å². The standard InChI is InChI=1S/C25H33N5O4/c1-4-33-22-15-18(7-8-20(22)31)16-29-10-9-23-27-28-24(30(23)12-11-29)19(14-17(2)3)26-25(32)21-6-5-13-34-21/h5-8,13,15,17,19,31H,4,9-12,14,16H2,1-3H3,(H,26,32)/t19-/m1/s1. The Morgan fingerprint density at radius 3 is 2.82 bits per heavy atom. The van der Waals surface area contributed by atoms with Crippen LogP contribution in [-0.2, 0) is 19.5 Å². The molecule has 0 bridgehead atoms. The number of nitrogens with one attached hydrogen (secondary N) is 1. The first-order chi connectivity index (χ1) is 16.4. The Balaban J connectivity index is 1.47. The van der Waals surface area contributed by atoms with Gasteiger partial charge in [0.2, 0.25) is 0 Å². The van der Waals surface area contributed by atoms with E-state index in [0.29, 0.717) is 18.3 Å². The molecule has 0 saturated heterocycles. The van der Waals surface area contributed by atoms with Crippen LogP contribution >= 0.6 is 0 Å². The lowest BCUT2D eigenvalue weighted by molar-refractivity contribution is 0.0900. The molecule has 3 aromatic rings. The summed E-state index contributed by atoms with van der Waals surface area (Å²) < 4.78 is 12.9. The van der Waals surface area contributed by atoms with Crippen molar-refractivity contribution in [2.45, 2.75) is 52.7 Å². The Hall–Kier alpha value is -3.33. The lowest BCUT2D eigenvalue weighted by atomic mass is 10.0. The van der Waals surface area contributed by atoms with Crippen molar-refractivity contribution in [3.63, 3.8) is 0 Å². The van der Waals surface area contributed by atoms with E-state index in [4.69, 9.17) is 9.15 Å². The Morgan fingerprint density at radius 2 is 2.09 bits per heavy atom. The highest BCUT2D eigenvalue weighted by Crippen LogP contribution is 2.28. The number of carbonyl (C=O) groups excluding carboxylic acids is 1. The van der Waals surface area contributed by atoms with Crippen LogP contribution < -0.4 is 10.1 Å². The second-order valence-corrected chi connectivity index (χ2v) is 9.02. The second-order valence-electron chi connectivity index (χ2n) is 9.02. The van der Waals surface area contributed by atoms with E-state index in [2.05, 4.69) is 38.8 Å². The number of aromatic hydroxyl groups is 1. The summed E-state index contributed by atoms with van der Waals surface area (Å²) in [5.74, 6) is 2.79. The molecule has 2 N–H and O–H groups in total. The van der Waals surface area contributed by atoms with E-state index in [1.165, 1.54) is 6.26 Å². The van der Waals surface area contributed by atoms with Gasteiger partial charge in [-0.1, -0.05) is 19.9 Å². The Labute approximate surface area is 199 Å². The molecule has 0 radical (unpaired) electrons. The summed E-state index contributed by atoms with van der Waals surface area (Å²) in [6.45, 7) is 9.81. The van der Waals surface area contributed by atoms with Gasteiger partial charge in [-0.05, 0) is 49.1 Å². The summed E-state index contributed by atoms with van der Waals surface area (Å²) in [6.07, 6.45) is 3.02. The smallest absolute Gasteiger partial charge is 0.287 e. The molecule has 1 aliphatic rings. The van der Waals surface area contributed by atoms with Gasteiger partial charge in [-0.3, -0.25) is 9.69 Å². The molecule has 0 spiro atoms. The number of ether oxygens (including phenoxy) is 1. The molecule has 182 valence electrons. The van der Waals surface area contributed by atoms with Crippen LogP contribution in [0.15, 0.2) is 41.0 Å². The number of amides is 1. The van der Waals surface area contributed by atoms with Gasteiger partial charge in [0.25, 0.3) is 5.91 Å². The summed E-state index contributed by atoms with van der Waals surface area (Å²) in [4.78, 5) is 15.0. The number of phenolic OH excluding ortho intramolecular Hbond substituents is 1. The van der Waals surface area contributed by atoms with Gasteiger partial charge < -0.3 is 24.1 Å². The number of hydrogen-bond donors (Lipinski definition) is 2. The zero-order chi connectivity index (χ0) is 24.1. The van der Waals surface area contributed by atoms with Gasteiger partial charge in [-0.2, -0.15) is 0 Å². The zero-order valence-corrected chi connectivity index (χ0v) is 20.0. The number of fused-ring (bicyclic) bond motifs is 1. The highest BCUT2D eigenvalue weighted by Gasteiger charge is 2.27. The van der Waals surface area contributed by atoms with Gasteiger partial charge in [0.1, 0.15) is 5.82 Å². The van der Waals surface area contributed by atoms with Gasteiger partial charge in [-0.15, -0.1) is 10.2 Å². The van der Waals surface area contributed by atoms with Crippen LogP contribution in [0.25, 0.3) is 0 Å². The number of hydrogen-bond acceptors (Lipinski definition) is 7. The monoisotopic (exact) mass is 467 g/mol. The van der Waals surface area contributed by atoms with Gasteiger partial charge in [0.05, 0.1) is 18.9 Å². The number of carbonyl (C=O) groups is 1. The first-order valence-electron chi connectivity index (χ1n) is 11.9. The van der Waals surface area contributed by atoms with E-state index in [9.17, 15) is 9.90 Å². The molecule has 9 nitrogen and oxygen atoms in total. The highest BCUT2D eigenvalue weighted by molar-refractivity contribution is 5.91. The summed E-state index contributed by atoms with van der Waals surface area (Å²) >= 11 is 0. The van der Waals surface area contributed by atoms with E-state index in [1.54, 1.807) is 18.2 Å². The molecular formula is C25H33N5O4. The van der Waals surface area contributed by atoms with E-state index >= 15 is 0 Å². The van der Waals surface area contributed by atoms with Crippen molar-refractivity contribution in [1.82, 2.24) is 25.0 Å². The summed E-state index contributed by atoms with van der Waals surface area (Å²) in [7, 11) is 0. The zero-order valence-electron chi connectivity index (χ0n) is 20.0. The quantitative estimate of drug-likeness (QED) is 0.496. The van der Waals surface area contributed by atoms with E-state index < -0.39 is 0 Å². The lowest BCUT2D eigenvalue weighted by Crippen LogP contribution is -2.32. The summed E-state index contributed by atoms with van der Waals surface area (Å²) in [6, 6.07) is 8.62. The fourth-order valence-electron chi connectivity index (χ4n) is 4.33. The minimum atomic E-state index is -0.253. The van der Waals surface area contributed by atoms with Crippen molar-refractivity contribution >= 4 is 5.91 Å². The van der Waals surface area contributed by atoms with Crippen LogP contribution in [0.1, 0.15) is 61.0 Å². The molecule has 0 aliphatic carbocycles. The Bertz CT molecular complexity index is 1090. The van der Waals surface area contributed by atoms with Crippen molar-refractivity contribution in [1.29, 1.82) is 0 Å². The number of rotatable bonds is 9. The van der Waals surface area contributed by atoms with Crippen LogP contribution in [-0.4, -0.2) is 50.4 Å². The van der Waals surface area contributed by atoms with Crippen LogP contribution in [0, 0.1) is 5.92 Å². The SMILES string of the molecule is CCOc1cc(CN2CCc3nnc([C@@H](CC(C)C)NC(=O)c4ccco4)n3CC2)ccc1O. The second kappa shape index (κ2) is 10.7. The van der Waals surface area contributed by atoms with Crippen LogP contribution in [0.2, 0.25) is 0 Å². The third-order valence-electron chi connectivity index (χ3n) is 5.95. The molecular weight excluding hydrogens is 434 g/mol. The molecule has 9 heteroatoms. The van der Waals surface area contributed by atoms with Gasteiger partial charge in [-0.25, -0.2) is 0 Å². The minimum Gasteiger partial charge on any atom is -0.504 e. The maximum Gasteiger partial charge on any atom is 0.287 e. The van der Waals surface area contributed by atoms with Gasteiger partial charge in [0, 0.05) is 32.6 Å². The fourth-order valence-corrected chi connectivity index (χ4v) is 4.33. The van der Waals surface area contributed by atoms with Gasteiger partial charge >= 0.3 is 0 Å². The highest BCUT2D eigenvalue weighted by atomic mass is 16.5. The number of benzene rings is 1. The molecule has 0 saturated carbocycles. The Morgan fingerprint density at radius 1 is 1.24 bits per heavy atom. The van der Waals surface area contributed by atoms with Crippen molar-refractivity contribution in [3.8, 4) is 11.5 Å². The predicted molar refractivity (Wildman–Crippen MR) is 127 cm³/mol. The molecule has 2 aromatic heterocycles. The lowest BCUT2D eigenvalue weighted by Gasteiger charge is -2.22. The summed E-state index contributed by atoms with van der Waals surface area (Å²) in [5.41, 5.74) is 1.09. The van der Waals surface area contributed by atoms with Crippen molar-refractivity contribution in [3.05, 3.63) is 59.6 Å². The van der Waals surface area contributed by atoms with E-state index in [1.807, 2.05) is 19.1 Å². The molecule has 1 atom stereocenters. The maximum absolute atomic E-state index is 12.7. The average Bonchev–Trinajstić information content (AvgIpc) is 3.44.